The lowest BCUT2D eigenvalue weighted by molar-refractivity contribution is -0.164. The number of benzene rings is 3. The van der Waals surface area contributed by atoms with Gasteiger partial charge >= 0.3 is 11.9 Å². The summed E-state index contributed by atoms with van der Waals surface area (Å²) in [5.41, 5.74) is 2.33. The Balaban J connectivity index is 1.90. The number of aromatic hydroxyl groups is 2. The van der Waals surface area contributed by atoms with Gasteiger partial charge in [0.05, 0.1) is 14.2 Å². The largest absolute Gasteiger partial charge is 0.508 e. The summed E-state index contributed by atoms with van der Waals surface area (Å²) in [6.07, 6.45) is 0.193. The molecule has 0 saturated heterocycles. The maximum absolute atomic E-state index is 14.5. The van der Waals surface area contributed by atoms with Crippen LogP contribution in [-0.2, 0) is 52.7 Å². The van der Waals surface area contributed by atoms with Gasteiger partial charge in [-0.15, -0.1) is 0 Å². The van der Waals surface area contributed by atoms with E-state index in [4.69, 9.17) is 14.2 Å². The number of amides is 3. The van der Waals surface area contributed by atoms with E-state index in [1.165, 1.54) is 55.3 Å². The highest BCUT2D eigenvalue weighted by Gasteiger charge is 2.40. The lowest BCUT2D eigenvalue weighted by atomic mass is 9.96. The summed E-state index contributed by atoms with van der Waals surface area (Å²) in [6.45, 7) is 7.20. The van der Waals surface area contributed by atoms with E-state index < -0.39 is 71.8 Å². The third-order valence-electron chi connectivity index (χ3n) is 10.8. The first kappa shape index (κ1) is 47.7. The third kappa shape index (κ3) is 13.5. The molecule has 0 aromatic heterocycles. The van der Waals surface area contributed by atoms with E-state index in [1.54, 1.807) is 83.3 Å². The Morgan fingerprint density at radius 1 is 0.661 bits per heavy atom. The Morgan fingerprint density at radius 3 is 1.63 bits per heavy atom. The van der Waals surface area contributed by atoms with Crippen LogP contribution in [0, 0.1) is 11.8 Å². The van der Waals surface area contributed by atoms with Gasteiger partial charge in [-0.3, -0.25) is 24.1 Å². The standard InChI is InChI=1S/C45H62N4O10/c1-11-29(4)40(59-45(56)38(47(5)6)27-32-16-23-35(57-9)24-17-32)41(52)46-39(28(2)3)43(54)49(8)37(26-31-14-21-34(51)22-15-31)42(53)48(7)36(44(55)58-10)25-18-30-12-19-33(50)20-13-30/h12-17,19-24,28-29,36-40,50-51H,11,18,25-27H2,1-10H3,(H,46,52)/t29-,36-,37+,38-,39+,40-/m1/s1. The molecular formula is C45H62N4O10. The number of esters is 2. The molecule has 0 fully saturated rings. The third-order valence-corrected chi connectivity index (χ3v) is 10.8. The van der Waals surface area contributed by atoms with Crippen LogP contribution >= 0.6 is 0 Å². The number of carbonyl (C=O) groups is 5. The highest BCUT2D eigenvalue weighted by atomic mass is 16.6. The predicted octanol–water partition coefficient (Wildman–Crippen LogP) is 4.38. The number of ether oxygens (including phenoxy) is 3. The van der Waals surface area contributed by atoms with Crippen molar-refractivity contribution in [2.75, 3.05) is 42.4 Å². The fourth-order valence-electron chi connectivity index (χ4n) is 6.63. The van der Waals surface area contributed by atoms with Crippen molar-refractivity contribution in [1.29, 1.82) is 0 Å². The van der Waals surface area contributed by atoms with Crippen molar-refractivity contribution in [3.63, 3.8) is 0 Å². The first-order chi connectivity index (χ1) is 27.9. The molecule has 14 nitrogen and oxygen atoms in total. The van der Waals surface area contributed by atoms with Gasteiger partial charge in [0.25, 0.3) is 5.91 Å². The molecule has 0 spiro atoms. The molecule has 59 heavy (non-hydrogen) atoms. The van der Waals surface area contributed by atoms with Crippen molar-refractivity contribution in [2.24, 2.45) is 11.8 Å². The Kier molecular flexibility index (Phi) is 18.2. The van der Waals surface area contributed by atoms with Crippen molar-refractivity contribution in [3.8, 4) is 17.2 Å². The first-order valence-electron chi connectivity index (χ1n) is 19.9. The minimum Gasteiger partial charge on any atom is -0.508 e. The van der Waals surface area contributed by atoms with Gasteiger partial charge in [-0.2, -0.15) is 0 Å². The Labute approximate surface area is 348 Å². The van der Waals surface area contributed by atoms with Crippen LogP contribution < -0.4 is 10.1 Å². The molecule has 3 amide bonds. The number of nitrogens with one attached hydrogen (secondary N) is 1. The molecule has 0 radical (unpaired) electrons. The van der Waals surface area contributed by atoms with Crippen molar-refractivity contribution in [1.82, 2.24) is 20.0 Å². The Hall–Kier alpha value is -5.63. The minimum atomic E-state index is -1.22. The van der Waals surface area contributed by atoms with Gasteiger partial charge in [0.1, 0.15) is 41.4 Å². The molecule has 0 heterocycles. The maximum atomic E-state index is 14.5. The first-order valence-corrected chi connectivity index (χ1v) is 19.9. The van der Waals surface area contributed by atoms with Crippen molar-refractivity contribution >= 4 is 29.7 Å². The second-order valence-corrected chi connectivity index (χ2v) is 15.5. The second-order valence-electron chi connectivity index (χ2n) is 15.5. The smallest absolute Gasteiger partial charge is 0.328 e. The van der Waals surface area contributed by atoms with Crippen LogP contribution in [0.25, 0.3) is 0 Å². The molecule has 3 aromatic carbocycles. The molecule has 0 aliphatic rings. The normalized spacial score (nSPS) is 14.3. The van der Waals surface area contributed by atoms with Gasteiger partial charge in [-0.05, 0) is 98.8 Å². The van der Waals surface area contributed by atoms with Gasteiger partial charge in [0.2, 0.25) is 11.8 Å². The van der Waals surface area contributed by atoms with Crippen LogP contribution in [0.4, 0.5) is 0 Å². The molecule has 0 unspecified atom stereocenters. The van der Waals surface area contributed by atoms with E-state index in [0.717, 1.165) is 11.1 Å². The van der Waals surface area contributed by atoms with Crippen LogP contribution in [0.5, 0.6) is 17.2 Å². The van der Waals surface area contributed by atoms with Gasteiger partial charge in [-0.25, -0.2) is 4.79 Å². The van der Waals surface area contributed by atoms with Crippen LogP contribution in [0.15, 0.2) is 72.8 Å². The van der Waals surface area contributed by atoms with E-state index >= 15 is 0 Å². The highest BCUT2D eigenvalue weighted by Crippen LogP contribution is 2.22. The number of methoxy groups -OCH3 is 2. The topological polar surface area (TPSA) is 175 Å². The van der Waals surface area contributed by atoms with Crippen LogP contribution in [0.1, 0.15) is 57.2 Å². The predicted molar refractivity (Wildman–Crippen MR) is 224 cm³/mol. The van der Waals surface area contributed by atoms with Gasteiger partial charge < -0.3 is 39.5 Å². The van der Waals surface area contributed by atoms with E-state index in [-0.39, 0.29) is 24.3 Å². The molecule has 6 atom stereocenters. The number of aryl methyl sites for hydroxylation is 1. The zero-order valence-electron chi connectivity index (χ0n) is 36.0. The minimum absolute atomic E-state index is 0.0174. The molecule has 0 bridgehead atoms. The summed E-state index contributed by atoms with van der Waals surface area (Å²) >= 11 is 0. The molecule has 3 rings (SSSR count). The van der Waals surface area contributed by atoms with E-state index in [0.29, 0.717) is 30.6 Å². The Morgan fingerprint density at radius 2 is 1.15 bits per heavy atom. The number of phenols is 2. The number of phenolic OH excluding ortho intramolecular Hbond substituents is 2. The second kappa shape index (κ2) is 22.5. The number of carbonyl (C=O) groups excluding carboxylic acids is 5. The lowest BCUT2D eigenvalue weighted by Gasteiger charge is -2.36. The molecule has 3 aromatic rings. The average molecular weight is 819 g/mol. The van der Waals surface area contributed by atoms with Crippen LogP contribution in [0.3, 0.4) is 0 Å². The maximum Gasteiger partial charge on any atom is 0.328 e. The number of nitrogens with zero attached hydrogens (tertiary/aromatic N) is 3. The monoisotopic (exact) mass is 818 g/mol. The number of rotatable bonds is 21. The van der Waals surface area contributed by atoms with E-state index in [1.807, 2.05) is 19.1 Å². The molecule has 0 saturated carbocycles. The summed E-state index contributed by atoms with van der Waals surface area (Å²) in [7, 11) is 9.27. The summed E-state index contributed by atoms with van der Waals surface area (Å²) in [4.78, 5) is 74.3. The van der Waals surface area contributed by atoms with Crippen molar-refractivity contribution < 1.29 is 48.4 Å². The van der Waals surface area contributed by atoms with E-state index in [9.17, 15) is 34.2 Å². The molecule has 0 aliphatic carbocycles. The lowest BCUT2D eigenvalue weighted by Crippen LogP contribution is -2.59. The van der Waals surface area contributed by atoms with Gasteiger partial charge in [-0.1, -0.05) is 64.1 Å². The van der Waals surface area contributed by atoms with Gasteiger partial charge in [0, 0.05) is 26.4 Å². The highest BCUT2D eigenvalue weighted by molar-refractivity contribution is 5.95. The summed E-state index contributed by atoms with van der Waals surface area (Å²) in [6, 6.07) is 16.1. The zero-order chi connectivity index (χ0) is 44.0. The number of hydrogen-bond acceptors (Lipinski definition) is 11. The fraction of sp³-hybridized carbons (Fsp3) is 0.489. The molecule has 322 valence electrons. The fourth-order valence-corrected chi connectivity index (χ4v) is 6.63. The quantitative estimate of drug-likeness (QED) is 0.130. The Bertz CT molecular complexity index is 1830. The average Bonchev–Trinajstić information content (AvgIpc) is 3.22. The molecule has 0 aliphatic heterocycles. The molecule has 14 heteroatoms. The van der Waals surface area contributed by atoms with Gasteiger partial charge in [0.15, 0.2) is 6.10 Å². The van der Waals surface area contributed by atoms with Crippen molar-refractivity contribution in [2.45, 2.75) is 90.1 Å². The summed E-state index contributed by atoms with van der Waals surface area (Å²) in [5.74, 6) is -3.06. The SMILES string of the molecule is CC[C@@H](C)[C@@H](OC(=O)[C@@H](Cc1ccc(OC)cc1)N(C)C)C(=O)N[C@H](C(=O)N(C)[C@@H](Cc1ccc(O)cc1)C(=O)N(C)[C@H](CCc1ccc(O)cc1)C(=O)OC)C(C)C. The van der Waals surface area contributed by atoms with Crippen LogP contribution in [0.2, 0.25) is 0 Å². The zero-order valence-corrected chi connectivity index (χ0v) is 36.0. The summed E-state index contributed by atoms with van der Waals surface area (Å²) < 4.78 is 16.3. The number of likely N-dealkylation sites (N-methyl/N-ethyl adjacent to an activating group) is 3. The summed E-state index contributed by atoms with van der Waals surface area (Å²) in [5, 5.41) is 22.5. The molecule has 3 N–H and O–H groups in total. The molecular weight excluding hydrogens is 757 g/mol. The number of hydrogen-bond donors (Lipinski definition) is 3. The van der Waals surface area contributed by atoms with Crippen LogP contribution in [-0.4, -0.2) is 127 Å². The van der Waals surface area contributed by atoms with E-state index in [2.05, 4.69) is 5.32 Å². The van der Waals surface area contributed by atoms with Crippen molar-refractivity contribution in [3.05, 3.63) is 89.5 Å².